The Morgan fingerprint density at radius 3 is 2.55 bits per heavy atom. The van der Waals surface area contributed by atoms with E-state index in [4.69, 9.17) is 4.74 Å². The van der Waals surface area contributed by atoms with Gasteiger partial charge in [0.15, 0.2) is 0 Å². The SMILES string of the molecule is O=C1CCCC(CN2CCC(Oc3ccccc3)CC2)CC1. The van der Waals surface area contributed by atoms with Crippen LogP contribution >= 0.6 is 0 Å². The molecular formula is C19H27NO2. The molecule has 1 saturated carbocycles. The van der Waals surface area contributed by atoms with Crippen molar-refractivity contribution in [1.82, 2.24) is 4.90 Å². The van der Waals surface area contributed by atoms with Crippen molar-refractivity contribution in [3.63, 3.8) is 0 Å². The first-order valence-electron chi connectivity index (χ1n) is 8.75. The number of para-hydroxylation sites is 1. The molecule has 1 aliphatic carbocycles. The molecule has 0 amide bonds. The maximum Gasteiger partial charge on any atom is 0.132 e. The number of piperidine rings is 1. The molecule has 0 bridgehead atoms. The summed E-state index contributed by atoms with van der Waals surface area (Å²) >= 11 is 0. The summed E-state index contributed by atoms with van der Waals surface area (Å²) in [6, 6.07) is 10.1. The number of carbonyl (C=O) groups is 1. The fourth-order valence-electron chi connectivity index (χ4n) is 3.67. The Kier molecular flexibility index (Phi) is 5.49. The highest BCUT2D eigenvalue weighted by Gasteiger charge is 2.24. The van der Waals surface area contributed by atoms with E-state index < -0.39 is 0 Å². The van der Waals surface area contributed by atoms with Gasteiger partial charge in [-0.05, 0) is 50.2 Å². The van der Waals surface area contributed by atoms with Gasteiger partial charge in [0, 0.05) is 32.5 Å². The van der Waals surface area contributed by atoms with Crippen LogP contribution in [0.2, 0.25) is 0 Å². The highest BCUT2D eigenvalue weighted by atomic mass is 16.5. The summed E-state index contributed by atoms with van der Waals surface area (Å²) in [6.07, 6.45) is 7.61. The molecule has 0 spiro atoms. The molecule has 1 atom stereocenters. The Morgan fingerprint density at radius 2 is 1.77 bits per heavy atom. The van der Waals surface area contributed by atoms with Crippen LogP contribution in [0, 0.1) is 5.92 Å². The number of hydrogen-bond donors (Lipinski definition) is 0. The fraction of sp³-hybridized carbons (Fsp3) is 0.632. The van der Waals surface area contributed by atoms with E-state index in [0.29, 0.717) is 11.9 Å². The minimum absolute atomic E-state index is 0.356. The lowest BCUT2D eigenvalue weighted by Crippen LogP contribution is -2.40. The maximum absolute atomic E-state index is 11.5. The first-order valence-corrected chi connectivity index (χ1v) is 8.75. The second-order valence-electron chi connectivity index (χ2n) is 6.77. The van der Waals surface area contributed by atoms with Crippen molar-refractivity contribution in [1.29, 1.82) is 0 Å². The van der Waals surface area contributed by atoms with Crippen molar-refractivity contribution in [2.45, 2.75) is 51.0 Å². The smallest absolute Gasteiger partial charge is 0.132 e. The summed E-state index contributed by atoms with van der Waals surface area (Å²) in [7, 11) is 0. The average molecular weight is 301 g/mol. The molecule has 22 heavy (non-hydrogen) atoms. The number of nitrogens with zero attached hydrogens (tertiary/aromatic N) is 1. The molecular weight excluding hydrogens is 274 g/mol. The number of ketones is 1. The van der Waals surface area contributed by atoms with Crippen molar-refractivity contribution >= 4 is 5.78 Å². The molecule has 1 unspecified atom stereocenters. The standard InChI is InChI=1S/C19H27NO2/c21-17-6-4-5-16(9-10-17)15-20-13-11-19(12-14-20)22-18-7-2-1-3-8-18/h1-3,7-8,16,19H,4-6,9-15H2. The van der Waals surface area contributed by atoms with Gasteiger partial charge in [-0.15, -0.1) is 0 Å². The van der Waals surface area contributed by atoms with Gasteiger partial charge in [-0.1, -0.05) is 18.2 Å². The van der Waals surface area contributed by atoms with E-state index in [0.717, 1.165) is 63.3 Å². The first-order chi connectivity index (χ1) is 10.8. The summed E-state index contributed by atoms with van der Waals surface area (Å²) in [6.45, 7) is 3.43. The van der Waals surface area contributed by atoms with Crippen molar-refractivity contribution < 1.29 is 9.53 Å². The predicted octanol–water partition coefficient (Wildman–Crippen LogP) is 3.68. The Labute approximate surface area is 133 Å². The van der Waals surface area contributed by atoms with E-state index in [1.807, 2.05) is 30.3 Å². The van der Waals surface area contributed by atoms with E-state index in [-0.39, 0.29) is 0 Å². The Balaban J connectivity index is 1.41. The van der Waals surface area contributed by atoms with Gasteiger partial charge in [0.25, 0.3) is 0 Å². The first kappa shape index (κ1) is 15.5. The molecule has 1 heterocycles. The van der Waals surface area contributed by atoms with E-state index in [2.05, 4.69) is 4.90 Å². The molecule has 1 saturated heterocycles. The number of ether oxygens (including phenoxy) is 1. The summed E-state index contributed by atoms with van der Waals surface area (Å²) in [5.41, 5.74) is 0. The molecule has 2 fully saturated rings. The van der Waals surface area contributed by atoms with Gasteiger partial charge in [-0.3, -0.25) is 4.79 Å². The zero-order chi connectivity index (χ0) is 15.2. The largest absolute Gasteiger partial charge is 0.490 e. The van der Waals surface area contributed by atoms with Crippen LogP contribution in [-0.4, -0.2) is 36.4 Å². The number of hydrogen-bond acceptors (Lipinski definition) is 3. The van der Waals surface area contributed by atoms with Crippen molar-refractivity contribution in [2.24, 2.45) is 5.92 Å². The van der Waals surface area contributed by atoms with Crippen LogP contribution in [0.1, 0.15) is 44.9 Å². The lowest BCUT2D eigenvalue weighted by Gasteiger charge is -2.34. The zero-order valence-corrected chi connectivity index (χ0v) is 13.4. The van der Waals surface area contributed by atoms with Crippen LogP contribution in [0.3, 0.4) is 0 Å². The van der Waals surface area contributed by atoms with Crippen LogP contribution in [0.15, 0.2) is 30.3 Å². The molecule has 3 heteroatoms. The highest BCUT2D eigenvalue weighted by Crippen LogP contribution is 2.24. The normalized spacial score (nSPS) is 24.9. The molecule has 3 rings (SSSR count). The maximum atomic E-state index is 11.5. The third-order valence-corrected chi connectivity index (χ3v) is 5.00. The Morgan fingerprint density at radius 1 is 1.00 bits per heavy atom. The Bertz CT molecular complexity index is 466. The summed E-state index contributed by atoms with van der Waals surface area (Å²) in [5, 5.41) is 0. The second-order valence-corrected chi connectivity index (χ2v) is 6.77. The van der Waals surface area contributed by atoms with Gasteiger partial charge in [0.1, 0.15) is 17.6 Å². The summed E-state index contributed by atoms with van der Waals surface area (Å²) in [5.74, 6) is 2.18. The molecule has 2 aliphatic rings. The van der Waals surface area contributed by atoms with Gasteiger partial charge in [-0.25, -0.2) is 0 Å². The number of benzene rings is 1. The van der Waals surface area contributed by atoms with E-state index in [1.165, 1.54) is 13.0 Å². The van der Waals surface area contributed by atoms with E-state index in [9.17, 15) is 4.79 Å². The van der Waals surface area contributed by atoms with Crippen LogP contribution in [0.5, 0.6) is 5.75 Å². The fourth-order valence-corrected chi connectivity index (χ4v) is 3.67. The predicted molar refractivity (Wildman–Crippen MR) is 88.1 cm³/mol. The van der Waals surface area contributed by atoms with Gasteiger partial charge in [-0.2, -0.15) is 0 Å². The van der Waals surface area contributed by atoms with Gasteiger partial charge in [0.2, 0.25) is 0 Å². The molecule has 3 nitrogen and oxygen atoms in total. The van der Waals surface area contributed by atoms with Crippen molar-refractivity contribution in [3.05, 3.63) is 30.3 Å². The third-order valence-electron chi connectivity index (χ3n) is 5.00. The average Bonchev–Trinajstić information content (AvgIpc) is 2.75. The molecule has 120 valence electrons. The summed E-state index contributed by atoms with van der Waals surface area (Å²) in [4.78, 5) is 14.1. The van der Waals surface area contributed by atoms with Crippen molar-refractivity contribution in [3.8, 4) is 5.75 Å². The van der Waals surface area contributed by atoms with Crippen molar-refractivity contribution in [2.75, 3.05) is 19.6 Å². The lowest BCUT2D eigenvalue weighted by molar-refractivity contribution is -0.118. The second kappa shape index (κ2) is 7.77. The minimum atomic E-state index is 0.356. The van der Waals surface area contributed by atoms with Crippen LogP contribution in [0.25, 0.3) is 0 Å². The quantitative estimate of drug-likeness (QED) is 0.795. The lowest BCUT2D eigenvalue weighted by atomic mass is 9.98. The van der Waals surface area contributed by atoms with Gasteiger partial charge in [0.05, 0.1) is 0 Å². The van der Waals surface area contributed by atoms with Crippen LogP contribution in [0.4, 0.5) is 0 Å². The molecule has 1 aliphatic heterocycles. The molecule has 1 aromatic carbocycles. The number of carbonyl (C=O) groups excluding carboxylic acids is 1. The summed E-state index contributed by atoms with van der Waals surface area (Å²) < 4.78 is 6.06. The molecule has 0 N–H and O–H groups in total. The monoisotopic (exact) mass is 301 g/mol. The number of likely N-dealkylation sites (tertiary alicyclic amines) is 1. The number of rotatable bonds is 4. The topological polar surface area (TPSA) is 29.5 Å². The minimum Gasteiger partial charge on any atom is -0.490 e. The van der Waals surface area contributed by atoms with Gasteiger partial charge < -0.3 is 9.64 Å². The van der Waals surface area contributed by atoms with E-state index >= 15 is 0 Å². The third kappa shape index (κ3) is 4.57. The highest BCUT2D eigenvalue weighted by molar-refractivity contribution is 5.78. The molecule has 0 aromatic heterocycles. The zero-order valence-electron chi connectivity index (χ0n) is 13.4. The van der Waals surface area contributed by atoms with E-state index in [1.54, 1.807) is 0 Å². The molecule has 1 aromatic rings. The van der Waals surface area contributed by atoms with Crippen LogP contribution < -0.4 is 4.74 Å². The van der Waals surface area contributed by atoms with Crippen LogP contribution in [-0.2, 0) is 4.79 Å². The van der Waals surface area contributed by atoms with Gasteiger partial charge >= 0.3 is 0 Å². The Hall–Kier alpha value is -1.35. The number of Topliss-reactive ketones (excluding diaryl/α,β-unsaturated/α-hetero) is 1. The molecule has 0 radical (unpaired) electrons.